The Balaban J connectivity index is 0.00000133. The van der Waals surface area contributed by atoms with Crippen molar-refractivity contribution in [3.63, 3.8) is 0 Å². The summed E-state index contributed by atoms with van der Waals surface area (Å²) < 4.78 is 5.29. The van der Waals surface area contributed by atoms with Gasteiger partial charge in [0, 0.05) is 24.2 Å². The highest BCUT2D eigenvalue weighted by Crippen LogP contribution is 2.34. The van der Waals surface area contributed by atoms with Crippen LogP contribution in [-0.4, -0.2) is 48.3 Å². The number of halogens is 1. The van der Waals surface area contributed by atoms with Gasteiger partial charge < -0.3 is 17.1 Å². The molecule has 1 aliphatic heterocycles. The molecule has 0 spiro atoms. The highest BCUT2D eigenvalue weighted by molar-refractivity contribution is 6.32. The number of Topliss-reactive ketones (excluding diaryl/α,β-unsaturated/α-hetero) is 2. The van der Waals surface area contributed by atoms with Gasteiger partial charge in [-0.1, -0.05) is 24.3 Å². The quantitative estimate of drug-likeness (QED) is 0.567. The van der Waals surface area contributed by atoms with Crippen molar-refractivity contribution < 1.29 is 26.7 Å². The molecule has 2 aliphatic rings. The Morgan fingerprint density at radius 2 is 1.53 bits per heavy atom. The van der Waals surface area contributed by atoms with Crippen LogP contribution in [0.4, 0.5) is 0 Å². The van der Waals surface area contributed by atoms with E-state index in [1.807, 2.05) is 4.90 Å². The molecule has 102 valence electrons. The molecule has 3 rings (SSSR count). The SMILES string of the molecule is CC1(N2CCOCC2)C(=O)c2ccccc2C1=O.[Cl-]. The van der Waals surface area contributed by atoms with E-state index < -0.39 is 5.54 Å². The topological polar surface area (TPSA) is 46.6 Å². The van der Waals surface area contributed by atoms with E-state index in [9.17, 15) is 9.59 Å². The highest BCUT2D eigenvalue weighted by Gasteiger charge is 2.53. The predicted octanol–water partition coefficient (Wildman–Crippen LogP) is -1.84. The maximum atomic E-state index is 12.5. The van der Waals surface area contributed by atoms with Crippen molar-refractivity contribution in [2.24, 2.45) is 0 Å². The van der Waals surface area contributed by atoms with Crippen LogP contribution in [0.1, 0.15) is 27.6 Å². The molecule has 1 aliphatic carbocycles. The van der Waals surface area contributed by atoms with Gasteiger partial charge in [-0.15, -0.1) is 0 Å². The van der Waals surface area contributed by atoms with E-state index in [0.717, 1.165) is 0 Å². The van der Waals surface area contributed by atoms with Crippen molar-refractivity contribution >= 4 is 11.6 Å². The van der Waals surface area contributed by atoms with Crippen molar-refractivity contribution in [2.45, 2.75) is 12.5 Å². The lowest BCUT2D eigenvalue weighted by molar-refractivity contribution is -0.00271. The summed E-state index contributed by atoms with van der Waals surface area (Å²) in [6.07, 6.45) is 0. The number of rotatable bonds is 1. The molecule has 0 amide bonds. The summed E-state index contributed by atoms with van der Waals surface area (Å²) in [7, 11) is 0. The van der Waals surface area contributed by atoms with Crippen LogP contribution in [0, 0.1) is 0 Å². The number of carbonyl (C=O) groups excluding carboxylic acids is 2. The fraction of sp³-hybridized carbons (Fsp3) is 0.429. The average Bonchev–Trinajstić information content (AvgIpc) is 2.64. The zero-order chi connectivity index (χ0) is 12.8. The molecule has 4 nitrogen and oxygen atoms in total. The number of morpholine rings is 1. The summed E-state index contributed by atoms with van der Waals surface area (Å²) in [4.78, 5) is 27.0. The normalized spacial score (nSPS) is 21.9. The van der Waals surface area contributed by atoms with Gasteiger partial charge >= 0.3 is 0 Å². The van der Waals surface area contributed by atoms with Gasteiger partial charge in [0.15, 0.2) is 11.6 Å². The summed E-state index contributed by atoms with van der Waals surface area (Å²) in [6.45, 7) is 4.14. The van der Waals surface area contributed by atoms with Crippen LogP contribution in [0.25, 0.3) is 0 Å². The molecule has 1 aromatic carbocycles. The fourth-order valence-electron chi connectivity index (χ4n) is 2.80. The zero-order valence-corrected chi connectivity index (χ0v) is 11.4. The van der Waals surface area contributed by atoms with Gasteiger partial charge in [-0.2, -0.15) is 0 Å². The van der Waals surface area contributed by atoms with Crippen molar-refractivity contribution in [1.82, 2.24) is 4.90 Å². The smallest absolute Gasteiger partial charge is 0.191 e. The molecule has 5 heteroatoms. The number of hydrogen-bond acceptors (Lipinski definition) is 4. The predicted molar refractivity (Wildman–Crippen MR) is 65.9 cm³/mol. The molecule has 1 aromatic rings. The third-order valence-electron chi connectivity index (χ3n) is 3.94. The van der Waals surface area contributed by atoms with Crippen LogP contribution in [0.15, 0.2) is 24.3 Å². The molecule has 0 saturated carbocycles. The number of benzene rings is 1. The van der Waals surface area contributed by atoms with Crippen LogP contribution in [0.3, 0.4) is 0 Å². The Bertz CT molecular complexity index is 488. The summed E-state index contributed by atoms with van der Waals surface area (Å²) in [5.41, 5.74) is 0.0704. The summed E-state index contributed by atoms with van der Waals surface area (Å²) in [6, 6.07) is 7.08. The van der Waals surface area contributed by atoms with Gasteiger partial charge in [-0.05, 0) is 6.92 Å². The van der Waals surface area contributed by atoms with Crippen LogP contribution >= 0.6 is 0 Å². The Kier molecular flexibility index (Phi) is 3.76. The van der Waals surface area contributed by atoms with Crippen LogP contribution < -0.4 is 12.4 Å². The number of ketones is 2. The van der Waals surface area contributed by atoms with E-state index in [-0.39, 0.29) is 24.0 Å². The number of fused-ring (bicyclic) bond motifs is 1. The molecule has 0 atom stereocenters. The maximum Gasteiger partial charge on any atom is 0.191 e. The third-order valence-corrected chi connectivity index (χ3v) is 3.94. The van der Waals surface area contributed by atoms with Gasteiger partial charge in [-0.25, -0.2) is 0 Å². The van der Waals surface area contributed by atoms with Gasteiger partial charge in [0.1, 0.15) is 5.54 Å². The van der Waals surface area contributed by atoms with Gasteiger partial charge in [0.25, 0.3) is 0 Å². The van der Waals surface area contributed by atoms with E-state index in [2.05, 4.69) is 0 Å². The van der Waals surface area contributed by atoms with Gasteiger partial charge in [0.05, 0.1) is 13.2 Å². The Hall–Kier alpha value is -1.23. The second kappa shape index (κ2) is 5.04. The number of hydrogen-bond donors (Lipinski definition) is 0. The lowest BCUT2D eigenvalue weighted by atomic mass is 9.93. The lowest BCUT2D eigenvalue weighted by Gasteiger charge is -2.37. The van der Waals surface area contributed by atoms with Gasteiger partial charge in [0.2, 0.25) is 0 Å². The van der Waals surface area contributed by atoms with E-state index in [1.165, 1.54) is 0 Å². The summed E-state index contributed by atoms with van der Waals surface area (Å²) >= 11 is 0. The van der Waals surface area contributed by atoms with Crippen molar-refractivity contribution in [3.8, 4) is 0 Å². The number of ether oxygens (including phenoxy) is 1. The average molecular weight is 281 g/mol. The second-order valence-electron chi connectivity index (χ2n) is 4.88. The maximum absolute atomic E-state index is 12.5. The van der Waals surface area contributed by atoms with Crippen molar-refractivity contribution in [3.05, 3.63) is 35.4 Å². The monoisotopic (exact) mass is 280 g/mol. The lowest BCUT2D eigenvalue weighted by Crippen LogP contribution is -3.00. The third kappa shape index (κ3) is 1.91. The Morgan fingerprint density at radius 3 is 2.00 bits per heavy atom. The molecule has 1 heterocycles. The van der Waals surface area contributed by atoms with Crippen LogP contribution in [-0.2, 0) is 4.74 Å². The highest BCUT2D eigenvalue weighted by atomic mass is 35.5. The molecule has 0 radical (unpaired) electrons. The molecule has 0 aromatic heterocycles. The van der Waals surface area contributed by atoms with Crippen molar-refractivity contribution in [1.29, 1.82) is 0 Å². The first-order valence-corrected chi connectivity index (χ1v) is 6.17. The minimum atomic E-state index is -1.03. The van der Waals surface area contributed by atoms with Crippen LogP contribution in [0.5, 0.6) is 0 Å². The first kappa shape index (κ1) is 14.2. The second-order valence-corrected chi connectivity index (χ2v) is 4.88. The molecule has 1 saturated heterocycles. The minimum Gasteiger partial charge on any atom is -1.00 e. The summed E-state index contributed by atoms with van der Waals surface area (Å²) in [5.74, 6) is -0.157. The molecule has 0 bridgehead atoms. The van der Waals surface area contributed by atoms with E-state index in [0.29, 0.717) is 37.4 Å². The van der Waals surface area contributed by atoms with E-state index in [1.54, 1.807) is 31.2 Å². The molecule has 0 unspecified atom stereocenters. The van der Waals surface area contributed by atoms with Gasteiger partial charge in [-0.3, -0.25) is 14.5 Å². The fourth-order valence-corrected chi connectivity index (χ4v) is 2.80. The first-order chi connectivity index (χ1) is 8.65. The standard InChI is InChI=1S/C14H15NO3.ClH/c1-14(15-6-8-18-9-7-15)12(16)10-4-2-3-5-11(10)13(14)17;/h2-5H,6-9H2,1H3;1H/p-1. The van der Waals surface area contributed by atoms with E-state index in [4.69, 9.17) is 4.74 Å². The number of nitrogens with zero attached hydrogens (tertiary/aromatic N) is 1. The van der Waals surface area contributed by atoms with E-state index >= 15 is 0 Å². The van der Waals surface area contributed by atoms with Crippen LogP contribution in [0.2, 0.25) is 0 Å². The Labute approximate surface area is 118 Å². The zero-order valence-electron chi connectivity index (χ0n) is 10.7. The largest absolute Gasteiger partial charge is 1.00 e. The minimum absolute atomic E-state index is 0. The molecule has 1 fully saturated rings. The molecular weight excluding hydrogens is 266 g/mol. The summed E-state index contributed by atoms with van der Waals surface area (Å²) in [5, 5.41) is 0. The molecule has 0 N–H and O–H groups in total. The van der Waals surface area contributed by atoms with Crippen molar-refractivity contribution in [2.75, 3.05) is 26.3 Å². The number of carbonyl (C=O) groups is 2. The molecular formula is C14H15ClNO3-. The molecule has 19 heavy (non-hydrogen) atoms. The first-order valence-electron chi connectivity index (χ1n) is 6.17. The Morgan fingerprint density at radius 1 is 1.05 bits per heavy atom.